The van der Waals surface area contributed by atoms with Gasteiger partial charge in [-0.1, -0.05) is 12.1 Å². The summed E-state index contributed by atoms with van der Waals surface area (Å²) >= 11 is 7.09. The largest absolute Gasteiger partial charge is 0.399 e. The molecule has 3 rings (SSSR count). The lowest BCUT2D eigenvalue weighted by Crippen LogP contribution is -1.96. The van der Waals surface area contributed by atoms with Crippen LogP contribution in [0.4, 0.5) is 5.69 Å². The highest BCUT2D eigenvalue weighted by molar-refractivity contribution is 9.11. The van der Waals surface area contributed by atoms with Crippen molar-refractivity contribution in [2.45, 2.75) is 0 Å². The highest BCUT2D eigenvalue weighted by Crippen LogP contribution is 2.33. The number of aromatic nitrogens is 2. The van der Waals surface area contributed by atoms with Gasteiger partial charge in [-0.25, -0.2) is 4.98 Å². The zero-order valence-electron chi connectivity index (χ0n) is 9.27. The number of benzene rings is 2. The van der Waals surface area contributed by atoms with Gasteiger partial charge in [-0.3, -0.25) is 4.57 Å². The molecule has 0 aliphatic heterocycles. The molecule has 18 heavy (non-hydrogen) atoms. The number of nitrogens with zero attached hydrogens (tertiary/aromatic N) is 2. The summed E-state index contributed by atoms with van der Waals surface area (Å²) in [7, 11) is 0. The third-order valence-corrected chi connectivity index (χ3v) is 3.94. The molecular weight excluding hydrogens is 358 g/mol. The van der Waals surface area contributed by atoms with E-state index in [2.05, 4.69) is 36.8 Å². The van der Waals surface area contributed by atoms with E-state index in [9.17, 15) is 0 Å². The van der Waals surface area contributed by atoms with Crippen LogP contribution in [0.15, 0.2) is 51.7 Å². The summed E-state index contributed by atoms with van der Waals surface area (Å²) < 4.78 is 3.89. The Kier molecular flexibility index (Phi) is 2.87. The Morgan fingerprint density at radius 2 is 1.72 bits per heavy atom. The molecule has 0 saturated heterocycles. The van der Waals surface area contributed by atoms with Crippen LogP contribution in [0.3, 0.4) is 0 Å². The minimum Gasteiger partial charge on any atom is -0.399 e. The van der Waals surface area contributed by atoms with Crippen LogP contribution in [0.25, 0.3) is 16.7 Å². The fourth-order valence-corrected chi connectivity index (χ4v) is 3.56. The lowest BCUT2D eigenvalue weighted by Gasteiger charge is -2.10. The van der Waals surface area contributed by atoms with Crippen LogP contribution in [-0.2, 0) is 0 Å². The number of nitrogens with two attached hydrogens (primary N) is 1. The lowest BCUT2D eigenvalue weighted by atomic mass is 10.2. The predicted octanol–water partition coefficient (Wildman–Crippen LogP) is 4.13. The molecule has 0 saturated carbocycles. The van der Waals surface area contributed by atoms with Crippen molar-refractivity contribution in [2.24, 2.45) is 0 Å². The van der Waals surface area contributed by atoms with Gasteiger partial charge in [0.1, 0.15) is 6.33 Å². The number of fused-ring (bicyclic) bond motifs is 1. The zero-order valence-corrected chi connectivity index (χ0v) is 12.4. The third kappa shape index (κ3) is 1.83. The molecular formula is C13H9Br2N3. The van der Waals surface area contributed by atoms with E-state index in [0.29, 0.717) is 5.69 Å². The predicted molar refractivity (Wildman–Crippen MR) is 80.9 cm³/mol. The molecule has 0 bridgehead atoms. The number of para-hydroxylation sites is 2. The smallest absolute Gasteiger partial charge is 0.100 e. The molecule has 5 heteroatoms. The molecule has 1 heterocycles. The van der Waals surface area contributed by atoms with Gasteiger partial charge in [0.25, 0.3) is 0 Å². The van der Waals surface area contributed by atoms with Crippen molar-refractivity contribution in [3.63, 3.8) is 0 Å². The van der Waals surface area contributed by atoms with Crippen molar-refractivity contribution in [1.82, 2.24) is 9.55 Å². The molecule has 3 aromatic rings. The van der Waals surface area contributed by atoms with Crippen molar-refractivity contribution in [3.8, 4) is 5.69 Å². The van der Waals surface area contributed by atoms with Gasteiger partial charge in [0.05, 0.1) is 16.7 Å². The normalized spacial score (nSPS) is 11.0. The first kappa shape index (κ1) is 11.7. The molecule has 0 amide bonds. The Bertz CT molecular complexity index is 711. The SMILES string of the molecule is Nc1cc(Br)c(-n2cnc3ccccc32)c(Br)c1. The number of imidazole rings is 1. The summed E-state index contributed by atoms with van der Waals surface area (Å²) in [6.07, 6.45) is 1.81. The fraction of sp³-hybridized carbons (Fsp3) is 0. The standard InChI is InChI=1S/C13H9Br2N3/c14-9-5-8(16)6-10(15)13(9)18-7-17-11-3-1-2-4-12(11)18/h1-7H,16H2. The van der Waals surface area contributed by atoms with E-state index >= 15 is 0 Å². The molecule has 90 valence electrons. The van der Waals surface area contributed by atoms with Crippen molar-refractivity contribution in [1.29, 1.82) is 0 Å². The molecule has 2 N–H and O–H groups in total. The maximum atomic E-state index is 5.81. The van der Waals surface area contributed by atoms with Gasteiger partial charge in [0.2, 0.25) is 0 Å². The summed E-state index contributed by atoms with van der Waals surface area (Å²) in [6.45, 7) is 0. The number of anilines is 1. The Morgan fingerprint density at radius 1 is 1.06 bits per heavy atom. The van der Waals surface area contributed by atoms with Gasteiger partial charge in [-0.05, 0) is 56.1 Å². The molecule has 0 spiro atoms. The average Bonchev–Trinajstić information content (AvgIpc) is 2.72. The zero-order chi connectivity index (χ0) is 12.7. The van der Waals surface area contributed by atoms with Crippen molar-refractivity contribution in [2.75, 3.05) is 5.73 Å². The van der Waals surface area contributed by atoms with E-state index in [1.165, 1.54) is 0 Å². The van der Waals surface area contributed by atoms with Crippen molar-refractivity contribution < 1.29 is 0 Å². The van der Waals surface area contributed by atoms with E-state index in [1.54, 1.807) is 0 Å². The van der Waals surface area contributed by atoms with Gasteiger partial charge in [-0.2, -0.15) is 0 Å². The van der Waals surface area contributed by atoms with Gasteiger partial charge in [0, 0.05) is 14.6 Å². The van der Waals surface area contributed by atoms with Crippen LogP contribution in [0.1, 0.15) is 0 Å². The van der Waals surface area contributed by atoms with E-state index in [4.69, 9.17) is 5.73 Å². The maximum absolute atomic E-state index is 5.81. The highest BCUT2D eigenvalue weighted by atomic mass is 79.9. The quantitative estimate of drug-likeness (QED) is 0.658. The molecule has 0 fully saturated rings. The summed E-state index contributed by atoms with van der Waals surface area (Å²) in [6, 6.07) is 11.8. The first-order chi connectivity index (χ1) is 8.66. The molecule has 0 radical (unpaired) electrons. The Labute approximate surface area is 121 Å². The third-order valence-electron chi connectivity index (χ3n) is 2.73. The summed E-state index contributed by atoms with van der Waals surface area (Å²) in [5.74, 6) is 0. The van der Waals surface area contributed by atoms with Crippen LogP contribution in [0, 0.1) is 0 Å². The topological polar surface area (TPSA) is 43.8 Å². The molecule has 2 aromatic carbocycles. The first-order valence-electron chi connectivity index (χ1n) is 5.34. The second-order valence-electron chi connectivity index (χ2n) is 3.94. The van der Waals surface area contributed by atoms with Gasteiger partial charge >= 0.3 is 0 Å². The van der Waals surface area contributed by atoms with E-state index < -0.39 is 0 Å². The van der Waals surface area contributed by atoms with Gasteiger partial charge < -0.3 is 5.73 Å². The summed E-state index contributed by atoms with van der Waals surface area (Å²) in [5, 5.41) is 0. The van der Waals surface area contributed by atoms with Crippen LogP contribution >= 0.6 is 31.9 Å². The van der Waals surface area contributed by atoms with E-state index in [1.807, 2.05) is 47.3 Å². The molecule has 3 nitrogen and oxygen atoms in total. The Balaban J connectivity index is 2.33. The average molecular weight is 367 g/mol. The monoisotopic (exact) mass is 365 g/mol. The Morgan fingerprint density at radius 3 is 2.44 bits per heavy atom. The second-order valence-corrected chi connectivity index (χ2v) is 5.65. The molecule has 0 atom stereocenters. The Hall–Kier alpha value is -1.33. The summed E-state index contributed by atoms with van der Waals surface area (Å²) in [4.78, 5) is 4.39. The van der Waals surface area contributed by atoms with E-state index in [-0.39, 0.29) is 0 Å². The molecule has 0 aliphatic carbocycles. The first-order valence-corrected chi connectivity index (χ1v) is 6.92. The number of hydrogen-bond acceptors (Lipinski definition) is 2. The highest BCUT2D eigenvalue weighted by Gasteiger charge is 2.11. The van der Waals surface area contributed by atoms with Gasteiger partial charge in [-0.15, -0.1) is 0 Å². The van der Waals surface area contributed by atoms with Crippen LogP contribution in [0.2, 0.25) is 0 Å². The maximum Gasteiger partial charge on any atom is 0.100 e. The van der Waals surface area contributed by atoms with Crippen LogP contribution in [0.5, 0.6) is 0 Å². The minimum absolute atomic E-state index is 0.710. The van der Waals surface area contributed by atoms with E-state index in [0.717, 1.165) is 25.7 Å². The van der Waals surface area contributed by atoms with Crippen molar-refractivity contribution >= 4 is 48.6 Å². The molecule has 0 unspecified atom stereocenters. The lowest BCUT2D eigenvalue weighted by molar-refractivity contribution is 1.08. The number of halogens is 2. The number of rotatable bonds is 1. The molecule has 1 aromatic heterocycles. The molecule has 0 aliphatic rings. The van der Waals surface area contributed by atoms with Crippen LogP contribution in [-0.4, -0.2) is 9.55 Å². The summed E-state index contributed by atoms with van der Waals surface area (Å²) in [5.41, 5.74) is 9.54. The van der Waals surface area contributed by atoms with Gasteiger partial charge in [0.15, 0.2) is 0 Å². The number of hydrogen-bond donors (Lipinski definition) is 1. The number of nitrogen functional groups attached to an aromatic ring is 1. The van der Waals surface area contributed by atoms with Crippen LogP contribution < -0.4 is 5.73 Å². The second kappa shape index (κ2) is 4.40. The fourth-order valence-electron chi connectivity index (χ4n) is 1.95. The van der Waals surface area contributed by atoms with Crippen molar-refractivity contribution in [3.05, 3.63) is 51.7 Å². The minimum atomic E-state index is 0.710.